The van der Waals surface area contributed by atoms with E-state index in [1.807, 2.05) is 42.6 Å². The molecule has 2 heterocycles. The smallest absolute Gasteiger partial charge is 0.239 e. The summed E-state index contributed by atoms with van der Waals surface area (Å²) in [6.45, 7) is 1.91. The highest BCUT2D eigenvalue weighted by molar-refractivity contribution is 8.00. The Balaban J connectivity index is 1.26. The summed E-state index contributed by atoms with van der Waals surface area (Å²) in [7, 11) is 0. The number of hydrogen-bond donors (Lipinski definition) is 1. The predicted molar refractivity (Wildman–Crippen MR) is 112 cm³/mol. The van der Waals surface area contributed by atoms with Crippen molar-refractivity contribution in [1.29, 1.82) is 0 Å². The number of thiazole rings is 1. The van der Waals surface area contributed by atoms with Crippen LogP contribution < -0.4 is 5.32 Å². The van der Waals surface area contributed by atoms with Gasteiger partial charge in [0.1, 0.15) is 5.82 Å². The van der Waals surface area contributed by atoms with Crippen LogP contribution in [0, 0.1) is 0 Å². The summed E-state index contributed by atoms with van der Waals surface area (Å²) in [6, 6.07) is 10.5. The zero-order chi connectivity index (χ0) is 19.1. The second-order valence-electron chi connectivity index (χ2n) is 7.37. The number of aromatic nitrogens is 4. The third-order valence-corrected chi connectivity index (χ3v) is 6.82. The molecule has 0 saturated heterocycles. The molecule has 0 bridgehead atoms. The summed E-state index contributed by atoms with van der Waals surface area (Å²) in [5.74, 6) is 1.63. The Morgan fingerprint density at radius 1 is 1.21 bits per heavy atom. The fourth-order valence-electron chi connectivity index (χ4n) is 3.16. The average molecular weight is 412 g/mol. The van der Waals surface area contributed by atoms with Gasteiger partial charge in [-0.25, -0.2) is 4.98 Å². The van der Waals surface area contributed by atoms with Crippen molar-refractivity contribution in [2.24, 2.45) is 0 Å². The second-order valence-corrected chi connectivity index (χ2v) is 9.54. The maximum atomic E-state index is 12.7. The first-order chi connectivity index (χ1) is 13.7. The van der Waals surface area contributed by atoms with Crippen LogP contribution in [0.15, 0.2) is 40.9 Å². The lowest BCUT2D eigenvalue weighted by Crippen LogP contribution is -2.23. The standard InChI is InChI=1S/C20H21N5OS2/c1-12(28-20-24-23-17(14-7-8-14)25(20)15-9-10-15)18(26)22-19-21-16(11-27-19)13-5-3-2-4-6-13/h2-6,11-12,14-15H,7-10H2,1H3,(H,21,22,26). The van der Waals surface area contributed by atoms with Crippen molar-refractivity contribution < 1.29 is 4.79 Å². The van der Waals surface area contributed by atoms with Gasteiger partial charge in [0, 0.05) is 22.9 Å². The number of nitrogens with zero attached hydrogens (tertiary/aromatic N) is 4. The van der Waals surface area contributed by atoms with Gasteiger partial charge in [-0.05, 0) is 32.6 Å². The number of thioether (sulfide) groups is 1. The topological polar surface area (TPSA) is 72.7 Å². The fraction of sp³-hybridized carbons (Fsp3) is 0.400. The largest absolute Gasteiger partial charge is 0.303 e. The molecule has 2 aromatic heterocycles. The molecule has 2 saturated carbocycles. The van der Waals surface area contributed by atoms with Crippen LogP contribution in [-0.2, 0) is 4.79 Å². The maximum Gasteiger partial charge on any atom is 0.239 e. The van der Waals surface area contributed by atoms with Crippen molar-refractivity contribution >= 4 is 34.1 Å². The minimum atomic E-state index is -0.266. The Morgan fingerprint density at radius 3 is 2.71 bits per heavy atom. The quantitative estimate of drug-likeness (QED) is 0.569. The molecule has 1 atom stereocenters. The molecule has 2 aliphatic rings. The normalized spacial score (nSPS) is 17.5. The molecule has 8 heteroatoms. The van der Waals surface area contributed by atoms with E-state index in [1.54, 1.807) is 0 Å². The lowest BCUT2D eigenvalue weighted by atomic mass is 10.2. The molecule has 0 spiro atoms. The highest BCUT2D eigenvalue weighted by atomic mass is 32.2. The van der Waals surface area contributed by atoms with Crippen LogP contribution in [-0.4, -0.2) is 30.9 Å². The summed E-state index contributed by atoms with van der Waals surface area (Å²) < 4.78 is 2.28. The minimum absolute atomic E-state index is 0.0581. The summed E-state index contributed by atoms with van der Waals surface area (Å²) in [5.41, 5.74) is 1.93. The van der Waals surface area contributed by atoms with Crippen LogP contribution in [0.5, 0.6) is 0 Å². The Labute approximate surface area is 171 Å². The lowest BCUT2D eigenvalue weighted by Gasteiger charge is -2.12. The molecule has 3 aromatic rings. The molecule has 6 nitrogen and oxygen atoms in total. The van der Waals surface area contributed by atoms with Crippen molar-refractivity contribution in [2.45, 2.75) is 55.0 Å². The molecule has 144 valence electrons. The highest BCUT2D eigenvalue weighted by Gasteiger charge is 2.37. The van der Waals surface area contributed by atoms with E-state index in [1.165, 1.54) is 48.8 Å². The first-order valence-electron chi connectivity index (χ1n) is 9.62. The van der Waals surface area contributed by atoms with E-state index in [2.05, 4.69) is 25.1 Å². The van der Waals surface area contributed by atoms with Crippen LogP contribution >= 0.6 is 23.1 Å². The Morgan fingerprint density at radius 2 is 2.00 bits per heavy atom. The van der Waals surface area contributed by atoms with Gasteiger partial charge in [0.05, 0.1) is 10.9 Å². The molecule has 0 radical (unpaired) electrons. The molecule has 2 fully saturated rings. The number of amides is 1. The molecule has 1 N–H and O–H groups in total. The van der Waals surface area contributed by atoms with Gasteiger partial charge in [0.15, 0.2) is 10.3 Å². The third-order valence-electron chi connectivity index (χ3n) is 5.00. The van der Waals surface area contributed by atoms with Gasteiger partial charge < -0.3 is 9.88 Å². The van der Waals surface area contributed by atoms with Crippen LogP contribution in [0.4, 0.5) is 5.13 Å². The average Bonchev–Trinajstić information content (AvgIpc) is 3.64. The van der Waals surface area contributed by atoms with E-state index in [0.717, 1.165) is 22.2 Å². The molecular weight excluding hydrogens is 390 g/mol. The molecule has 0 aliphatic heterocycles. The van der Waals surface area contributed by atoms with Gasteiger partial charge in [-0.2, -0.15) is 0 Å². The van der Waals surface area contributed by atoms with Crippen LogP contribution in [0.25, 0.3) is 11.3 Å². The van der Waals surface area contributed by atoms with Crippen molar-refractivity contribution in [2.75, 3.05) is 5.32 Å². The Hall–Kier alpha value is -2.19. The highest BCUT2D eigenvalue weighted by Crippen LogP contribution is 2.46. The summed E-state index contributed by atoms with van der Waals surface area (Å²) >= 11 is 2.93. The number of nitrogens with one attached hydrogen (secondary N) is 1. The van der Waals surface area contributed by atoms with Crippen LogP contribution in [0.1, 0.15) is 50.4 Å². The predicted octanol–water partition coefficient (Wildman–Crippen LogP) is 4.73. The summed E-state index contributed by atoms with van der Waals surface area (Å²) in [5, 5.41) is 15.0. The number of hydrogen-bond acceptors (Lipinski definition) is 6. The van der Waals surface area contributed by atoms with Crippen molar-refractivity contribution in [1.82, 2.24) is 19.7 Å². The third kappa shape index (κ3) is 3.71. The number of benzene rings is 1. The molecule has 5 rings (SSSR count). The monoisotopic (exact) mass is 411 g/mol. The van der Waals surface area contributed by atoms with Gasteiger partial charge in [-0.1, -0.05) is 42.1 Å². The molecular formula is C20H21N5OS2. The number of anilines is 1. The van der Waals surface area contributed by atoms with Gasteiger partial charge >= 0.3 is 0 Å². The van der Waals surface area contributed by atoms with Crippen LogP contribution in [0.2, 0.25) is 0 Å². The zero-order valence-corrected chi connectivity index (χ0v) is 17.2. The van der Waals surface area contributed by atoms with Gasteiger partial charge in [0.25, 0.3) is 0 Å². The van der Waals surface area contributed by atoms with E-state index >= 15 is 0 Å². The molecule has 2 aliphatic carbocycles. The lowest BCUT2D eigenvalue weighted by molar-refractivity contribution is -0.115. The minimum Gasteiger partial charge on any atom is -0.303 e. The molecule has 1 unspecified atom stereocenters. The van der Waals surface area contributed by atoms with E-state index in [4.69, 9.17) is 0 Å². The second kappa shape index (κ2) is 7.33. The molecule has 1 aromatic carbocycles. The van der Waals surface area contributed by atoms with E-state index in [-0.39, 0.29) is 11.2 Å². The Bertz CT molecular complexity index is 991. The van der Waals surface area contributed by atoms with Gasteiger partial charge in [-0.3, -0.25) is 4.79 Å². The van der Waals surface area contributed by atoms with E-state index < -0.39 is 0 Å². The summed E-state index contributed by atoms with van der Waals surface area (Å²) in [6.07, 6.45) is 4.79. The molecule has 1 amide bonds. The van der Waals surface area contributed by atoms with E-state index in [0.29, 0.717) is 17.1 Å². The Kier molecular flexibility index (Phi) is 4.68. The van der Waals surface area contributed by atoms with Gasteiger partial charge in [-0.15, -0.1) is 21.5 Å². The van der Waals surface area contributed by atoms with Gasteiger partial charge in [0.2, 0.25) is 5.91 Å². The summed E-state index contributed by atoms with van der Waals surface area (Å²) in [4.78, 5) is 17.2. The van der Waals surface area contributed by atoms with Crippen molar-refractivity contribution in [3.8, 4) is 11.3 Å². The van der Waals surface area contributed by atoms with E-state index in [9.17, 15) is 4.79 Å². The molecule has 28 heavy (non-hydrogen) atoms. The van der Waals surface area contributed by atoms with Crippen molar-refractivity contribution in [3.05, 3.63) is 41.5 Å². The first kappa shape index (κ1) is 17.9. The van der Waals surface area contributed by atoms with Crippen LogP contribution in [0.3, 0.4) is 0 Å². The zero-order valence-electron chi connectivity index (χ0n) is 15.5. The van der Waals surface area contributed by atoms with Crippen molar-refractivity contribution in [3.63, 3.8) is 0 Å². The fourth-order valence-corrected chi connectivity index (χ4v) is 4.80. The number of carbonyl (C=O) groups is 1. The first-order valence-corrected chi connectivity index (χ1v) is 11.4. The maximum absolute atomic E-state index is 12.7. The number of rotatable bonds is 7. The SMILES string of the molecule is CC(Sc1nnc(C2CC2)n1C1CC1)C(=O)Nc1nc(-c2ccccc2)cs1. The number of carbonyl (C=O) groups excluding carboxylic acids is 1.